The minimum absolute atomic E-state index is 0.0548. The van der Waals surface area contributed by atoms with Crippen molar-refractivity contribution in [3.05, 3.63) is 29.8 Å². The van der Waals surface area contributed by atoms with Crippen LogP contribution in [0, 0.1) is 6.92 Å². The molecule has 0 aliphatic carbocycles. The molecule has 0 radical (unpaired) electrons. The molecule has 0 saturated carbocycles. The Morgan fingerprint density at radius 2 is 2.39 bits per heavy atom. The fraction of sp³-hybridized carbons (Fsp3) is 0.500. The van der Waals surface area contributed by atoms with Crippen molar-refractivity contribution in [2.24, 2.45) is 0 Å². The monoisotopic (exact) mass is 249 g/mol. The van der Waals surface area contributed by atoms with Gasteiger partial charge in [-0.25, -0.2) is 0 Å². The summed E-state index contributed by atoms with van der Waals surface area (Å²) in [5.41, 5.74) is 1.14. The van der Waals surface area contributed by atoms with E-state index in [1.807, 2.05) is 31.2 Å². The van der Waals surface area contributed by atoms with Crippen LogP contribution in [0.5, 0.6) is 5.75 Å². The van der Waals surface area contributed by atoms with Crippen LogP contribution in [0.1, 0.15) is 18.4 Å². The van der Waals surface area contributed by atoms with Gasteiger partial charge in [-0.1, -0.05) is 12.1 Å². The number of aliphatic hydroxyl groups excluding tert-OH is 1. The van der Waals surface area contributed by atoms with Crippen molar-refractivity contribution in [3.63, 3.8) is 0 Å². The summed E-state index contributed by atoms with van der Waals surface area (Å²) in [6, 6.07) is 7.77. The van der Waals surface area contributed by atoms with Gasteiger partial charge in [0.2, 0.25) is 5.91 Å². The number of likely N-dealkylation sites (tertiary alicyclic amines) is 1. The minimum atomic E-state index is -0.355. The number of carbonyl (C=O) groups is 1. The van der Waals surface area contributed by atoms with Crippen molar-refractivity contribution < 1.29 is 14.6 Å². The summed E-state index contributed by atoms with van der Waals surface area (Å²) >= 11 is 0. The van der Waals surface area contributed by atoms with E-state index in [-0.39, 0.29) is 12.0 Å². The van der Waals surface area contributed by atoms with Gasteiger partial charge in [0.15, 0.2) is 0 Å². The number of aryl methyl sites for hydroxylation is 1. The maximum Gasteiger partial charge on any atom is 0.226 e. The molecule has 0 aromatic heterocycles. The number of benzene rings is 1. The molecule has 1 fully saturated rings. The number of nitrogens with zero attached hydrogens (tertiary/aromatic N) is 1. The predicted molar refractivity (Wildman–Crippen MR) is 68.5 cm³/mol. The summed E-state index contributed by atoms with van der Waals surface area (Å²) in [6.07, 6.45) is 0.692. The van der Waals surface area contributed by atoms with Crippen molar-refractivity contribution in [2.45, 2.75) is 25.9 Å². The molecule has 0 unspecified atom stereocenters. The SMILES string of the molecule is Cc1cccc(OCCC(=O)N2CC[C@H](O)C2)c1. The van der Waals surface area contributed by atoms with Gasteiger partial charge in [-0.15, -0.1) is 0 Å². The highest BCUT2D eigenvalue weighted by atomic mass is 16.5. The minimum Gasteiger partial charge on any atom is -0.493 e. The lowest BCUT2D eigenvalue weighted by atomic mass is 10.2. The zero-order valence-electron chi connectivity index (χ0n) is 10.6. The van der Waals surface area contributed by atoms with Crippen LogP contribution in [0.15, 0.2) is 24.3 Å². The van der Waals surface area contributed by atoms with Gasteiger partial charge in [0.25, 0.3) is 0 Å². The number of hydrogen-bond acceptors (Lipinski definition) is 3. The molecule has 1 N–H and O–H groups in total. The highest BCUT2D eigenvalue weighted by Crippen LogP contribution is 2.14. The Morgan fingerprint density at radius 1 is 1.56 bits per heavy atom. The first-order chi connectivity index (χ1) is 8.65. The van der Waals surface area contributed by atoms with E-state index < -0.39 is 0 Å². The first-order valence-corrected chi connectivity index (χ1v) is 6.30. The fourth-order valence-corrected chi connectivity index (χ4v) is 2.09. The Bertz CT molecular complexity index is 419. The van der Waals surface area contributed by atoms with Crippen LogP contribution in [-0.2, 0) is 4.79 Å². The second kappa shape index (κ2) is 5.87. The van der Waals surface area contributed by atoms with Gasteiger partial charge in [0, 0.05) is 13.1 Å². The van der Waals surface area contributed by atoms with E-state index in [0.29, 0.717) is 32.5 Å². The van der Waals surface area contributed by atoms with Crippen LogP contribution in [0.25, 0.3) is 0 Å². The van der Waals surface area contributed by atoms with E-state index in [1.54, 1.807) is 4.90 Å². The largest absolute Gasteiger partial charge is 0.493 e. The molecule has 2 rings (SSSR count). The van der Waals surface area contributed by atoms with Crippen molar-refractivity contribution in [3.8, 4) is 5.75 Å². The molecular weight excluding hydrogens is 230 g/mol. The Hall–Kier alpha value is -1.55. The normalized spacial score (nSPS) is 19.0. The standard InChI is InChI=1S/C14H19NO3/c1-11-3-2-4-13(9-11)18-8-6-14(17)15-7-5-12(16)10-15/h2-4,9,12,16H,5-8,10H2,1H3/t12-/m0/s1. The van der Waals surface area contributed by atoms with Crippen molar-refractivity contribution >= 4 is 5.91 Å². The summed E-state index contributed by atoms with van der Waals surface area (Å²) in [6.45, 7) is 3.51. The molecular formula is C14H19NO3. The van der Waals surface area contributed by atoms with E-state index in [0.717, 1.165) is 11.3 Å². The number of hydrogen-bond donors (Lipinski definition) is 1. The zero-order valence-corrected chi connectivity index (χ0v) is 10.6. The molecule has 1 aromatic carbocycles. The van der Waals surface area contributed by atoms with Gasteiger partial charge in [0.1, 0.15) is 5.75 Å². The van der Waals surface area contributed by atoms with Gasteiger partial charge in [0.05, 0.1) is 19.1 Å². The topological polar surface area (TPSA) is 49.8 Å². The molecule has 4 heteroatoms. The number of carbonyl (C=O) groups excluding carboxylic acids is 1. The van der Waals surface area contributed by atoms with Gasteiger partial charge >= 0.3 is 0 Å². The van der Waals surface area contributed by atoms with Crippen LogP contribution in [0.4, 0.5) is 0 Å². The third kappa shape index (κ3) is 3.47. The van der Waals surface area contributed by atoms with Crippen molar-refractivity contribution in [2.75, 3.05) is 19.7 Å². The third-order valence-electron chi connectivity index (χ3n) is 3.09. The quantitative estimate of drug-likeness (QED) is 0.876. The van der Waals surface area contributed by atoms with Gasteiger partial charge in [-0.2, -0.15) is 0 Å². The van der Waals surface area contributed by atoms with Crippen LogP contribution in [0.2, 0.25) is 0 Å². The summed E-state index contributed by atoms with van der Waals surface area (Å²) in [7, 11) is 0. The van der Waals surface area contributed by atoms with Gasteiger partial charge in [-0.05, 0) is 31.0 Å². The molecule has 1 atom stereocenters. The van der Waals surface area contributed by atoms with Crippen LogP contribution < -0.4 is 4.74 Å². The Labute approximate surface area is 107 Å². The van der Waals surface area contributed by atoms with Gasteiger partial charge in [-0.3, -0.25) is 4.79 Å². The van der Waals surface area contributed by atoms with Crippen molar-refractivity contribution in [1.29, 1.82) is 0 Å². The first-order valence-electron chi connectivity index (χ1n) is 6.30. The summed E-state index contributed by atoms with van der Waals surface area (Å²) in [5.74, 6) is 0.850. The molecule has 0 spiro atoms. The average Bonchev–Trinajstić information content (AvgIpc) is 2.76. The number of aliphatic hydroxyl groups is 1. The molecule has 98 valence electrons. The fourth-order valence-electron chi connectivity index (χ4n) is 2.09. The lowest BCUT2D eigenvalue weighted by Crippen LogP contribution is -2.30. The first kappa shape index (κ1) is 12.9. The lowest BCUT2D eigenvalue weighted by molar-refractivity contribution is -0.131. The second-order valence-corrected chi connectivity index (χ2v) is 4.70. The van der Waals surface area contributed by atoms with Gasteiger partial charge < -0.3 is 14.7 Å². The maximum atomic E-state index is 11.8. The average molecular weight is 249 g/mol. The van der Waals surface area contributed by atoms with Crippen LogP contribution >= 0.6 is 0 Å². The van der Waals surface area contributed by atoms with E-state index in [1.165, 1.54) is 0 Å². The summed E-state index contributed by atoms with van der Waals surface area (Å²) in [4.78, 5) is 13.5. The number of β-amino-alcohol motifs (C(OH)–C–C–N with tert-alkyl or cyclic N) is 1. The summed E-state index contributed by atoms with van der Waals surface area (Å²) in [5, 5.41) is 9.36. The Morgan fingerprint density at radius 3 is 3.06 bits per heavy atom. The predicted octanol–water partition coefficient (Wildman–Crippen LogP) is 1.36. The maximum absolute atomic E-state index is 11.8. The van der Waals surface area contributed by atoms with E-state index in [4.69, 9.17) is 4.74 Å². The number of amides is 1. The Balaban J connectivity index is 1.73. The van der Waals surface area contributed by atoms with Crippen molar-refractivity contribution in [1.82, 2.24) is 4.90 Å². The van der Waals surface area contributed by atoms with Crippen LogP contribution in [0.3, 0.4) is 0 Å². The summed E-state index contributed by atoms with van der Waals surface area (Å²) < 4.78 is 5.53. The molecule has 18 heavy (non-hydrogen) atoms. The van der Waals surface area contributed by atoms with E-state index in [2.05, 4.69) is 0 Å². The van der Waals surface area contributed by atoms with E-state index >= 15 is 0 Å². The number of rotatable bonds is 4. The molecule has 1 aromatic rings. The molecule has 4 nitrogen and oxygen atoms in total. The third-order valence-corrected chi connectivity index (χ3v) is 3.09. The highest BCUT2D eigenvalue weighted by molar-refractivity contribution is 5.76. The lowest BCUT2D eigenvalue weighted by Gasteiger charge is -2.15. The Kier molecular flexibility index (Phi) is 4.20. The second-order valence-electron chi connectivity index (χ2n) is 4.70. The molecule has 1 aliphatic heterocycles. The molecule has 1 aliphatic rings. The van der Waals surface area contributed by atoms with E-state index in [9.17, 15) is 9.90 Å². The number of ether oxygens (including phenoxy) is 1. The molecule has 1 saturated heterocycles. The molecule has 1 amide bonds. The highest BCUT2D eigenvalue weighted by Gasteiger charge is 2.23. The van der Waals surface area contributed by atoms with Crippen LogP contribution in [-0.4, -0.2) is 41.7 Å². The smallest absolute Gasteiger partial charge is 0.226 e. The molecule has 1 heterocycles. The molecule has 0 bridgehead atoms. The zero-order chi connectivity index (χ0) is 13.0.